The van der Waals surface area contributed by atoms with E-state index in [1.807, 2.05) is 42.7 Å². The minimum atomic E-state index is -0.417. The smallest absolute Gasteiger partial charge is 0.227 e. The second kappa shape index (κ2) is 11.0. The molecule has 0 N–H and O–H groups in total. The Morgan fingerprint density at radius 2 is 1.87 bits per heavy atom. The van der Waals surface area contributed by atoms with Gasteiger partial charge >= 0.3 is 0 Å². The van der Waals surface area contributed by atoms with E-state index in [4.69, 9.17) is 4.74 Å². The van der Waals surface area contributed by atoms with Gasteiger partial charge in [0.25, 0.3) is 0 Å². The number of hydrogen-bond donors (Lipinski definition) is 0. The van der Waals surface area contributed by atoms with Gasteiger partial charge in [-0.15, -0.1) is 0 Å². The summed E-state index contributed by atoms with van der Waals surface area (Å²) in [5.41, 5.74) is 0.674. The maximum absolute atomic E-state index is 13.5. The van der Waals surface area contributed by atoms with Gasteiger partial charge in [-0.3, -0.25) is 19.5 Å². The van der Waals surface area contributed by atoms with Crippen LogP contribution >= 0.6 is 0 Å². The summed E-state index contributed by atoms with van der Waals surface area (Å²) in [7, 11) is 0. The number of carbonyl (C=O) groups is 2. The number of pyridine rings is 1. The van der Waals surface area contributed by atoms with Crippen LogP contribution in [0.3, 0.4) is 0 Å². The molecule has 0 saturated carbocycles. The molecule has 0 spiro atoms. The monoisotopic (exact) mass is 430 g/mol. The van der Waals surface area contributed by atoms with E-state index < -0.39 is 5.41 Å². The van der Waals surface area contributed by atoms with E-state index in [2.05, 4.69) is 9.88 Å². The number of carbonyl (C=O) groups excluding carboxylic acids is 2. The molecule has 172 valence electrons. The molecule has 1 aromatic heterocycles. The molecule has 2 saturated heterocycles. The lowest BCUT2D eigenvalue weighted by Crippen LogP contribution is -2.49. The van der Waals surface area contributed by atoms with Crippen LogP contribution in [-0.4, -0.2) is 84.0 Å². The van der Waals surface area contributed by atoms with E-state index in [9.17, 15) is 9.59 Å². The summed E-state index contributed by atoms with van der Waals surface area (Å²) in [6, 6.07) is 3.94. The first kappa shape index (κ1) is 23.7. The molecular weight excluding hydrogens is 392 g/mol. The third-order valence-corrected chi connectivity index (χ3v) is 6.14. The van der Waals surface area contributed by atoms with Gasteiger partial charge in [-0.1, -0.05) is 20.8 Å². The highest BCUT2D eigenvalue weighted by Crippen LogP contribution is 2.25. The number of ether oxygens (including phenoxy) is 1. The normalized spacial score (nSPS) is 20.5. The van der Waals surface area contributed by atoms with Crippen molar-refractivity contribution in [3.8, 4) is 0 Å². The lowest BCUT2D eigenvalue weighted by molar-refractivity contribution is -0.145. The van der Waals surface area contributed by atoms with Gasteiger partial charge in [-0.2, -0.15) is 0 Å². The number of hydrogen-bond acceptors (Lipinski definition) is 5. The summed E-state index contributed by atoms with van der Waals surface area (Å²) >= 11 is 0. The number of likely N-dealkylation sites (tertiary alicyclic amines) is 1. The molecule has 3 rings (SSSR count). The predicted octanol–water partition coefficient (Wildman–Crippen LogP) is 2.42. The molecule has 2 fully saturated rings. The first-order valence-electron chi connectivity index (χ1n) is 11.6. The van der Waals surface area contributed by atoms with Gasteiger partial charge in [0.05, 0.1) is 19.1 Å². The maximum atomic E-state index is 13.5. The summed E-state index contributed by atoms with van der Waals surface area (Å²) in [6.07, 6.45) is 6.22. The molecule has 0 aromatic carbocycles. The van der Waals surface area contributed by atoms with Gasteiger partial charge in [0.2, 0.25) is 11.8 Å². The lowest BCUT2D eigenvalue weighted by Gasteiger charge is -2.38. The van der Waals surface area contributed by atoms with Crippen molar-refractivity contribution in [1.29, 1.82) is 0 Å². The minimum Gasteiger partial charge on any atom is -0.379 e. The number of rotatable bonds is 7. The van der Waals surface area contributed by atoms with Gasteiger partial charge < -0.3 is 14.5 Å². The molecule has 0 aliphatic carbocycles. The number of amides is 2. The molecule has 1 atom stereocenters. The van der Waals surface area contributed by atoms with Crippen molar-refractivity contribution in [2.24, 2.45) is 11.3 Å². The molecule has 7 heteroatoms. The lowest BCUT2D eigenvalue weighted by atomic mass is 9.90. The van der Waals surface area contributed by atoms with Gasteiger partial charge in [0.15, 0.2) is 0 Å². The zero-order valence-corrected chi connectivity index (χ0v) is 19.4. The molecule has 2 amide bonds. The molecule has 0 bridgehead atoms. The third-order valence-electron chi connectivity index (χ3n) is 6.14. The van der Waals surface area contributed by atoms with Crippen LogP contribution in [0.5, 0.6) is 0 Å². The van der Waals surface area contributed by atoms with Crippen LogP contribution in [0.4, 0.5) is 0 Å². The second-order valence-electron chi connectivity index (χ2n) is 9.76. The predicted molar refractivity (Wildman–Crippen MR) is 120 cm³/mol. The molecule has 2 aliphatic rings. The SMILES string of the molecule is CC(C)(C)C(=O)N1CCCC(C(=O)N(CCCN2CCOCC2)Cc2ccncc2)C1. The number of piperidine rings is 1. The molecule has 7 nitrogen and oxygen atoms in total. The Morgan fingerprint density at radius 3 is 2.55 bits per heavy atom. The Kier molecular flexibility index (Phi) is 8.43. The van der Waals surface area contributed by atoms with Crippen molar-refractivity contribution in [3.63, 3.8) is 0 Å². The highest BCUT2D eigenvalue weighted by Gasteiger charge is 2.35. The van der Waals surface area contributed by atoms with Gasteiger partial charge in [-0.05, 0) is 37.0 Å². The first-order valence-corrected chi connectivity index (χ1v) is 11.6. The maximum Gasteiger partial charge on any atom is 0.227 e. The van der Waals surface area contributed by atoms with E-state index in [0.717, 1.165) is 70.8 Å². The fourth-order valence-corrected chi connectivity index (χ4v) is 4.38. The Labute approximate surface area is 186 Å². The molecule has 0 radical (unpaired) electrons. The van der Waals surface area contributed by atoms with Crippen LogP contribution in [0.1, 0.15) is 45.6 Å². The standard InChI is InChI=1S/C24H38N4O3/c1-24(2,3)23(30)28-12-4-6-21(19-28)22(29)27(18-20-7-9-25-10-8-20)13-5-11-26-14-16-31-17-15-26/h7-10,21H,4-6,11-19H2,1-3H3. The Bertz CT molecular complexity index is 713. The third kappa shape index (κ3) is 7.01. The van der Waals surface area contributed by atoms with Crippen molar-refractivity contribution >= 4 is 11.8 Å². The van der Waals surface area contributed by atoms with Crippen molar-refractivity contribution in [1.82, 2.24) is 19.7 Å². The Morgan fingerprint density at radius 1 is 1.16 bits per heavy atom. The summed E-state index contributed by atoms with van der Waals surface area (Å²) in [5, 5.41) is 0. The number of morpholine rings is 1. The van der Waals surface area contributed by atoms with Crippen LogP contribution < -0.4 is 0 Å². The van der Waals surface area contributed by atoms with E-state index in [0.29, 0.717) is 13.1 Å². The zero-order chi connectivity index (χ0) is 22.3. The van der Waals surface area contributed by atoms with Gasteiger partial charge in [0, 0.05) is 63.6 Å². The molecule has 31 heavy (non-hydrogen) atoms. The van der Waals surface area contributed by atoms with E-state index in [1.54, 1.807) is 12.4 Å². The minimum absolute atomic E-state index is 0.120. The van der Waals surface area contributed by atoms with E-state index in [-0.39, 0.29) is 17.7 Å². The quantitative estimate of drug-likeness (QED) is 0.665. The summed E-state index contributed by atoms with van der Waals surface area (Å²) in [5.74, 6) is 0.188. The topological polar surface area (TPSA) is 66.0 Å². The average Bonchev–Trinajstić information content (AvgIpc) is 2.78. The molecule has 1 aromatic rings. The average molecular weight is 431 g/mol. The highest BCUT2D eigenvalue weighted by molar-refractivity contribution is 5.84. The Hall–Kier alpha value is -1.99. The highest BCUT2D eigenvalue weighted by atomic mass is 16.5. The number of aromatic nitrogens is 1. The van der Waals surface area contributed by atoms with E-state index >= 15 is 0 Å². The Balaban J connectivity index is 1.63. The largest absolute Gasteiger partial charge is 0.379 e. The first-order chi connectivity index (χ1) is 14.8. The van der Waals surface area contributed by atoms with Crippen molar-refractivity contribution in [3.05, 3.63) is 30.1 Å². The summed E-state index contributed by atoms with van der Waals surface area (Å²) in [6.45, 7) is 12.9. The van der Waals surface area contributed by atoms with Crippen LogP contribution in [0.2, 0.25) is 0 Å². The van der Waals surface area contributed by atoms with Crippen molar-refractivity contribution in [2.75, 3.05) is 52.5 Å². The van der Waals surface area contributed by atoms with Crippen LogP contribution in [0, 0.1) is 11.3 Å². The van der Waals surface area contributed by atoms with Crippen LogP contribution in [-0.2, 0) is 20.9 Å². The molecular formula is C24H38N4O3. The van der Waals surface area contributed by atoms with Gasteiger partial charge in [0.1, 0.15) is 0 Å². The number of nitrogens with zero attached hydrogens (tertiary/aromatic N) is 4. The molecule has 1 unspecified atom stereocenters. The molecule has 3 heterocycles. The van der Waals surface area contributed by atoms with Crippen molar-refractivity contribution < 1.29 is 14.3 Å². The fourth-order valence-electron chi connectivity index (χ4n) is 4.38. The summed E-state index contributed by atoms with van der Waals surface area (Å²) in [4.78, 5) is 36.7. The molecule has 2 aliphatic heterocycles. The second-order valence-corrected chi connectivity index (χ2v) is 9.76. The van der Waals surface area contributed by atoms with Crippen LogP contribution in [0.25, 0.3) is 0 Å². The van der Waals surface area contributed by atoms with Gasteiger partial charge in [-0.25, -0.2) is 0 Å². The van der Waals surface area contributed by atoms with Crippen molar-refractivity contribution in [2.45, 2.75) is 46.6 Å². The fraction of sp³-hybridized carbons (Fsp3) is 0.708. The van der Waals surface area contributed by atoms with Crippen LogP contribution in [0.15, 0.2) is 24.5 Å². The summed E-state index contributed by atoms with van der Waals surface area (Å²) < 4.78 is 5.43. The van der Waals surface area contributed by atoms with E-state index in [1.165, 1.54) is 0 Å². The zero-order valence-electron chi connectivity index (χ0n) is 19.4.